The van der Waals surface area contributed by atoms with Crippen LogP contribution in [0, 0.1) is 16.0 Å². The van der Waals surface area contributed by atoms with Crippen LogP contribution in [-0.4, -0.2) is 36.8 Å². The zero-order valence-corrected chi connectivity index (χ0v) is 14.6. The number of sulfonamides is 1. The number of nitro benzene ring substituents is 1. The summed E-state index contributed by atoms with van der Waals surface area (Å²) in [4.78, 5) is 10.1. The normalized spacial score (nSPS) is 18.2. The SMILES string of the molecule is CC(N)C1CCN(S(=O)(=O)Cc2ccc([N+](=O)[O-])cc2)CC1.Cl. The molecule has 0 radical (unpaired) electrons. The molecule has 0 aliphatic carbocycles. The lowest BCUT2D eigenvalue weighted by atomic mass is 9.92. The van der Waals surface area contributed by atoms with Gasteiger partial charge in [0.25, 0.3) is 5.69 Å². The Bertz CT molecular complexity index is 626. The number of piperidine rings is 1. The Morgan fingerprint density at radius 3 is 2.26 bits per heavy atom. The largest absolute Gasteiger partial charge is 0.328 e. The van der Waals surface area contributed by atoms with Crippen molar-refractivity contribution in [2.75, 3.05) is 13.1 Å². The van der Waals surface area contributed by atoms with Crippen LogP contribution in [0.15, 0.2) is 24.3 Å². The van der Waals surface area contributed by atoms with Crippen molar-refractivity contribution in [1.82, 2.24) is 4.31 Å². The van der Waals surface area contributed by atoms with Gasteiger partial charge in [-0.25, -0.2) is 12.7 Å². The van der Waals surface area contributed by atoms with Gasteiger partial charge in [-0.05, 0) is 31.2 Å². The fourth-order valence-corrected chi connectivity index (χ4v) is 4.26. The van der Waals surface area contributed by atoms with Crippen LogP contribution >= 0.6 is 12.4 Å². The molecule has 0 spiro atoms. The van der Waals surface area contributed by atoms with Crippen molar-refractivity contribution in [1.29, 1.82) is 0 Å². The average Bonchev–Trinajstić information content (AvgIpc) is 2.47. The van der Waals surface area contributed by atoms with Gasteiger partial charge in [0.2, 0.25) is 10.0 Å². The lowest BCUT2D eigenvalue weighted by molar-refractivity contribution is -0.384. The molecule has 0 amide bonds. The highest BCUT2D eigenvalue weighted by atomic mass is 35.5. The summed E-state index contributed by atoms with van der Waals surface area (Å²) in [6, 6.07) is 5.72. The van der Waals surface area contributed by atoms with E-state index in [0.717, 1.165) is 12.8 Å². The summed E-state index contributed by atoms with van der Waals surface area (Å²) in [7, 11) is -3.40. The summed E-state index contributed by atoms with van der Waals surface area (Å²) in [6.45, 7) is 2.93. The second-order valence-electron chi connectivity index (χ2n) is 5.78. The Kier molecular flexibility index (Phi) is 6.94. The highest BCUT2D eigenvalue weighted by molar-refractivity contribution is 7.88. The van der Waals surface area contributed by atoms with Crippen molar-refractivity contribution in [3.8, 4) is 0 Å². The van der Waals surface area contributed by atoms with E-state index in [1.54, 1.807) is 0 Å². The average molecular weight is 364 g/mol. The topological polar surface area (TPSA) is 107 Å². The van der Waals surface area contributed by atoms with Crippen LogP contribution in [0.5, 0.6) is 0 Å². The van der Waals surface area contributed by atoms with Crippen LogP contribution in [0.2, 0.25) is 0 Å². The molecule has 0 saturated carbocycles. The van der Waals surface area contributed by atoms with E-state index in [4.69, 9.17) is 5.73 Å². The maximum Gasteiger partial charge on any atom is 0.269 e. The number of nitrogens with zero attached hydrogens (tertiary/aromatic N) is 2. The number of rotatable bonds is 5. The Morgan fingerprint density at radius 2 is 1.83 bits per heavy atom. The zero-order valence-electron chi connectivity index (χ0n) is 12.9. The van der Waals surface area contributed by atoms with Crippen LogP contribution in [0.3, 0.4) is 0 Å². The lowest BCUT2D eigenvalue weighted by Crippen LogP contribution is -2.42. The van der Waals surface area contributed by atoms with Crippen molar-refractivity contribution in [2.45, 2.75) is 31.6 Å². The molecule has 130 valence electrons. The summed E-state index contributed by atoms with van der Waals surface area (Å²) in [5, 5.41) is 10.6. The fraction of sp³-hybridized carbons (Fsp3) is 0.571. The molecule has 1 aliphatic rings. The molecule has 1 atom stereocenters. The molecule has 2 rings (SSSR count). The molecule has 23 heavy (non-hydrogen) atoms. The number of hydrogen-bond acceptors (Lipinski definition) is 5. The molecule has 1 saturated heterocycles. The highest BCUT2D eigenvalue weighted by Gasteiger charge is 2.29. The van der Waals surface area contributed by atoms with Crippen LogP contribution in [0.4, 0.5) is 5.69 Å². The third-order valence-corrected chi connectivity index (χ3v) is 5.98. The molecule has 1 aromatic rings. The summed E-state index contributed by atoms with van der Waals surface area (Å²) >= 11 is 0. The monoisotopic (exact) mass is 363 g/mol. The molecule has 1 fully saturated rings. The van der Waals surface area contributed by atoms with Gasteiger partial charge >= 0.3 is 0 Å². The maximum atomic E-state index is 12.4. The molecule has 1 unspecified atom stereocenters. The molecule has 0 aromatic heterocycles. The van der Waals surface area contributed by atoms with E-state index in [2.05, 4.69) is 0 Å². The second kappa shape index (κ2) is 8.05. The quantitative estimate of drug-likeness (QED) is 0.635. The van der Waals surface area contributed by atoms with Crippen LogP contribution in [0.1, 0.15) is 25.3 Å². The minimum absolute atomic E-state index is 0. The van der Waals surface area contributed by atoms with Gasteiger partial charge in [-0.3, -0.25) is 10.1 Å². The number of nitro groups is 1. The number of nitrogens with two attached hydrogens (primary N) is 1. The smallest absolute Gasteiger partial charge is 0.269 e. The Morgan fingerprint density at radius 1 is 1.30 bits per heavy atom. The van der Waals surface area contributed by atoms with Crippen molar-refractivity contribution >= 4 is 28.1 Å². The third kappa shape index (κ3) is 5.13. The number of benzene rings is 1. The molecule has 1 aromatic carbocycles. The number of halogens is 1. The van der Waals surface area contributed by atoms with Crippen LogP contribution in [-0.2, 0) is 15.8 Å². The van der Waals surface area contributed by atoms with Crippen LogP contribution < -0.4 is 5.73 Å². The van der Waals surface area contributed by atoms with Gasteiger partial charge in [0.1, 0.15) is 0 Å². The molecule has 0 bridgehead atoms. The van der Waals surface area contributed by atoms with Gasteiger partial charge in [-0.2, -0.15) is 0 Å². The van der Waals surface area contributed by atoms with Crippen molar-refractivity contribution in [2.24, 2.45) is 11.7 Å². The van der Waals surface area contributed by atoms with E-state index in [1.807, 2.05) is 6.92 Å². The second-order valence-corrected chi connectivity index (χ2v) is 7.74. The predicted octanol–water partition coefficient (Wildman–Crippen LogP) is 1.91. The van der Waals surface area contributed by atoms with Crippen molar-refractivity contribution in [3.63, 3.8) is 0 Å². The van der Waals surface area contributed by atoms with Crippen molar-refractivity contribution < 1.29 is 13.3 Å². The first-order valence-corrected chi connectivity index (χ1v) is 8.87. The summed E-state index contributed by atoms with van der Waals surface area (Å²) < 4.78 is 26.3. The molecule has 2 N–H and O–H groups in total. The van der Waals surface area contributed by atoms with E-state index < -0.39 is 14.9 Å². The van der Waals surface area contributed by atoms with Gasteiger partial charge in [0.05, 0.1) is 10.7 Å². The Labute approximate surface area is 142 Å². The minimum atomic E-state index is -3.40. The first-order chi connectivity index (χ1) is 10.3. The maximum absolute atomic E-state index is 12.4. The first kappa shape index (κ1) is 19.8. The molecule has 1 aliphatic heterocycles. The fourth-order valence-electron chi connectivity index (χ4n) is 2.70. The van der Waals surface area contributed by atoms with Gasteiger partial charge < -0.3 is 5.73 Å². The number of hydrogen-bond donors (Lipinski definition) is 1. The third-order valence-electron chi connectivity index (χ3n) is 4.13. The van der Waals surface area contributed by atoms with Crippen molar-refractivity contribution in [3.05, 3.63) is 39.9 Å². The molecular weight excluding hydrogens is 342 g/mol. The first-order valence-electron chi connectivity index (χ1n) is 7.26. The summed E-state index contributed by atoms with van der Waals surface area (Å²) in [5.74, 6) is 0.235. The lowest BCUT2D eigenvalue weighted by Gasteiger charge is -2.32. The molecule has 9 heteroatoms. The predicted molar refractivity (Wildman–Crippen MR) is 90.9 cm³/mol. The number of non-ortho nitro benzene ring substituents is 1. The van der Waals surface area contributed by atoms with E-state index in [-0.39, 0.29) is 29.9 Å². The molecule has 1 heterocycles. The minimum Gasteiger partial charge on any atom is -0.328 e. The molecular formula is C14H22ClN3O4S. The van der Waals surface area contributed by atoms with Gasteiger partial charge in [-0.15, -0.1) is 12.4 Å². The van der Waals surface area contributed by atoms with Gasteiger partial charge in [-0.1, -0.05) is 12.1 Å². The van der Waals surface area contributed by atoms with Crippen LogP contribution in [0.25, 0.3) is 0 Å². The Hall–Kier alpha value is -1.22. The van der Waals surface area contributed by atoms with Gasteiger partial charge in [0.15, 0.2) is 0 Å². The summed E-state index contributed by atoms with van der Waals surface area (Å²) in [6.07, 6.45) is 1.55. The molecule has 7 nitrogen and oxygen atoms in total. The van der Waals surface area contributed by atoms with E-state index in [9.17, 15) is 18.5 Å². The van der Waals surface area contributed by atoms with Gasteiger partial charge in [0, 0.05) is 31.3 Å². The highest BCUT2D eigenvalue weighted by Crippen LogP contribution is 2.23. The van der Waals surface area contributed by atoms with E-state index in [1.165, 1.54) is 28.6 Å². The van der Waals surface area contributed by atoms with E-state index >= 15 is 0 Å². The van der Waals surface area contributed by atoms with E-state index in [0.29, 0.717) is 24.6 Å². The standard InChI is InChI=1S/C14H21N3O4S.ClH/c1-11(15)13-6-8-16(9-7-13)22(20,21)10-12-2-4-14(5-3-12)17(18)19;/h2-5,11,13H,6-10,15H2,1H3;1H. The Balaban J connectivity index is 0.00000264. The zero-order chi connectivity index (χ0) is 16.3. The summed E-state index contributed by atoms with van der Waals surface area (Å²) in [5.41, 5.74) is 6.37.